The van der Waals surface area contributed by atoms with E-state index in [1.165, 1.54) is 6.42 Å². The molecule has 0 amide bonds. The Kier molecular flexibility index (Phi) is 3.69. The van der Waals surface area contributed by atoms with Gasteiger partial charge < -0.3 is 14.6 Å². The first kappa shape index (κ1) is 13.1. The predicted molar refractivity (Wildman–Crippen MR) is 75.7 cm³/mol. The molecule has 0 spiro atoms. The lowest BCUT2D eigenvalue weighted by Gasteiger charge is -2.05. The Bertz CT molecular complexity index is 589. The summed E-state index contributed by atoms with van der Waals surface area (Å²) in [5, 5.41) is 7.43. The molecule has 1 aromatic carbocycles. The highest BCUT2D eigenvalue weighted by molar-refractivity contribution is 5.64. The molecule has 20 heavy (non-hydrogen) atoms. The monoisotopic (exact) mass is 273 g/mol. The van der Waals surface area contributed by atoms with Gasteiger partial charge in [-0.05, 0) is 50.0 Å². The highest BCUT2D eigenvalue weighted by atomic mass is 16.5. The fourth-order valence-corrected chi connectivity index (χ4v) is 2.57. The van der Waals surface area contributed by atoms with Gasteiger partial charge in [0.1, 0.15) is 5.75 Å². The maximum atomic E-state index is 5.39. The number of aryl methyl sites for hydroxylation is 1. The van der Waals surface area contributed by atoms with E-state index < -0.39 is 0 Å². The second-order valence-corrected chi connectivity index (χ2v) is 5.28. The summed E-state index contributed by atoms with van der Waals surface area (Å²) in [6.45, 7) is 4.14. The first-order valence-electron chi connectivity index (χ1n) is 6.94. The Morgan fingerprint density at radius 2 is 2.35 bits per heavy atom. The minimum Gasteiger partial charge on any atom is -0.496 e. The number of benzene rings is 1. The molecule has 0 bridgehead atoms. The summed E-state index contributed by atoms with van der Waals surface area (Å²) in [5.41, 5.74) is 2.02. The van der Waals surface area contributed by atoms with E-state index in [0.717, 1.165) is 36.4 Å². The minimum absolute atomic E-state index is 0.600. The molecule has 1 N–H and O–H groups in total. The molecule has 1 atom stereocenters. The zero-order chi connectivity index (χ0) is 13.9. The Morgan fingerprint density at radius 1 is 1.45 bits per heavy atom. The maximum Gasteiger partial charge on any atom is 0.227 e. The fraction of sp³-hybridized carbons (Fsp3) is 0.467. The summed E-state index contributed by atoms with van der Waals surface area (Å²) in [5.74, 6) is 2.68. The number of aromatic nitrogens is 2. The van der Waals surface area contributed by atoms with Gasteiger partial charge in [0.05, 0.1) is 12.7 Å². The van der Waals surface area contributed by atoms with E-state index in [1.807, 2.05) is 25.1 Å². The van der Waals surface area contributed by atoms with Crippen molar-refractivity contribution in [2.45, 2.75) is 19.8 Å². The highest BCUT2D eigenvalue weighted by Crippen LogP contribution is 2.29. The van der Waals surface area contributed by atoms with Crippen molar-refractivity contribution < 1.29 is 9.26 Å². The Labute approximate surface area is 118 Å². The van der Waals surface area contributed by atoms with E-state index in [-0.39, 0.29) is 0 Å². The third-order valence-electron chi connectivity index (χ3n) is 3.69. The molecular weight excluding hydrogens is 254 g/mol. The van der Waals surface area contributed by atoms with Crippen molar-refractivity contribution in [1.82, 2.24) is 15.5 Å². The van der Waals surface area contributed by atoms with Gasteiger partial charge in [0.25, 0.3) is 0 Å². The molecule has 1 unspecified atom stereocenters. The molecule has 2 heterocycles. The average molecular weight is 273 g/mol. The minimum atomic E-state index is 0.600. The normalized spacial score (nSPS) is 18.4. The van der Waals surface area contributed by atoms with E-state index in [9.17, 15) is 0 Å². The molecule has 1 aromatic heterocycles. The summed E-state index contributed by atoms with van der Waals surface area (Å²) in [7, 11) is 1.66. The van der Waals surface area contributed by atoms with Crippen molar-refractivity contribution >= 4 is 0 Å². The lowest BCUT2D eigenvalue weighted by molar-refractivity contribution is 0.357. The summed E-state index contributed by atoms with van der Waals surface area (Å²) in [6.07, 6.45) is 2.01. The van der Waals surface area contributed by atoms with Gasteiger partial charge in [-0.15, -0.1) is 0 Å². The topological polar surface area (TPSA) is 60.2 Å². The van der Waals surface area contributed by atoms with Crippen LogP contribution in [0.1, 0.15) is 17.9 Å². The van der Waals surface area contributed by atoms with E-state index in [2.05, 4.69) is 15.5 Å². The van der Waals surface area contributed by atoms with E-state index in [1.54, 1.807) is 7.11 Å². The van der Waals surface area contributed by atoms with Gasteiger partial charge in [0, 0.05) is 6.42 Å². The van der Waals surface area contributed by atoms with Crippen molar-refractivity contribution in [3.05, 3.63) is 29.7 Å². The fourth-order valence-electron chi connectivity index (χ4n) is 2.57. The van der Waals surface area contributed by atoms with Crippen LogP contribution >= 0.6 is 0 Å². The van der Waals surface area contributed by atoms with Crippen molar-refractivity contribution in [3.8, 4) is 17.1 Å². The van der Waals surface area contributed by atoms with Crippen LogP contribution in [0.5, 0.6) is 5.75 Å². The molecule has 3 rings (SSSR count). The van der Waals surface area contributed by atoms with Crippen LogP contribution < -0.4 is 10.1 Å². The number of nitrogens with one attached hydrogen (secondary N) is 1. The second kappa shape index (κ2) is 5.63. The first-order valence-corrected chi connectivity index (χ1v) is 6.94. The molecule has 1 saturated heterocycles. The Balaban J connectivity index is 1.82. The van der Waals surface area contributed by atoms with Gasteiger partial charge in [0.15, 0.2) is 0 Å². The van der Waals surface area contributed by atoms with Crippen molar-refractivity contribution in [3.63, 3.8) is 0 Å². The SMILES string of the molecule is COc1cc(C)ccc1-c1noc(CC2CCNC2)n1. The third kappa shape index (κ3) is 2.67. The second-order valence-electron chi connectivity index (χ2n) is 5.28. The molecule has 1 aliphatic heterocycles. The van der Waals surface area contributed by atoms with Crippen LogP contribution in [-0.2, 0) is 6.42 Å². The van der Waals surface area contributed by atoms with Crippen molar-refractivity contribution in [1.29, 1.82) is 0 Å². The zero-order valence-electron chi connectivity index (χ0n) is 11.8. The number of methoxy groups -OCH3 is 1. The Hall–Kier alpha value is -1.88. The number of nitrogens with zero attached hydrogens (tertiary/aromatic N) is 2. The molecule has 5 nitrogen and oxygen atoms in total. The molecule has 0 aliphatic carbocycles. The lowest BCUT2D eigenvalue weighted by atomic mass is 10.1. The van der Waals surface area contributed by atoms with Crippen molar-refractivity contribution in [2.75, 3.05) is 20.2 Å². The molecule has 2 aromatic rings. The molecule has 106 valence electrons. The quantitative estimate of drug-likeness (QED) is 0.925. The first-order chi connectivity index (χ1) is 9.76. The van der Waals surface area contributed by atoms with Crippen LogP contribution in [0.3, 0.4) is 0 Å². The summed E-state index contributed by atoms with van der Waals surface area (Å²) in [4.78, 5) is 4.50. The van der Waals surface area contributed by atoms with Crippen molar-refractivity contribution in [2.24, 2.45) is 5.92 Å². The van der Waals surface area contributed by atoms with Crippen LogP contribution in [0.15, 0.2) is 22.7 Å². The van der Waals surface area contributed by atoms with Gasteiger partial charge in [0.2, 0.25) is 11.7 Å². The lowest BCUT2D eigenvalue weighted by Crippen LogP contribution is -2.10. The highest BCUT2D eigenvalue weighted by Gasteiger charge is 2.19. The number of hydrogen-bond donors (Lipinski definition) is 1. The summed E-state index contributed by atoms with van der Waals surface area (Å²) < 4.78 is 10.8. The van der Waals surface area contributed by atoms with Gasteiger partial charge in [-0.25, -0.2) is 0 Å². The maximum absolute atomic E-state index is 5.39. The summed E-state index contributed by atoms with van der Waals surface area (Å²) >= 11 is 0. The van der Waals surface area contributed by atoms with Gasteiger partial charge in [-0.2, -0.15) is 4.98 Å². The number of rotatable bonds is 4. The smallest absolute Gasteiger partial charge is 0.227 e. The van der Waals surface area contributed by atoms with E-state index in [0.29, 0.717) is 17.6 Å². The molecule has 1 aliphatic rings. The Morgan fingerprint density at radius 3 is 3.10 bits per heavy atom. The molecule has 1 fully saturated rings. The number of ether oxygens (including phenoxy) is 1. The zero-order valence-corrected chi connectivity index (χ0v) is 11.8. The number of hydrogen-bond acceptors (Lipinski definition) is 5. The molecule has 0 radical (unpaired) electrons. The predicted octanol–water partition coefficient (Wildman–Crippen LogP) is 2.21. The van der Waals surface area contributed by atoms with Gasteiger partial charge in [-0.3, -0.25) is 0 Å². The van der Waals surface area contributed by atoms with Crippen LogP contribution in [0, 0.1) is 12.8 Å². The summed E-state index contributed by atoms with van der Waals surface area (Å²) in [6, 6.07) is 5.97. The van der Waals surface area contributed by atoms with Crippen LogP contribution in [-0.4, -0.2) is 30.3 Å². The largest absolute Gasteiger partial charge is 0.496 e. The molecule has 0 saturated carbocycles. The van der Waals surface area contributed by atoms with Gasteiger partial charge >= 0.3 is 0 Å². The van der Waals surface area contributed by atoms with Crippen LogP contribution in [0.2, 0.25) is 0 Å². The van der Waals surface area contributed by atoms with Crippen LogP contribution in [0.4, 0.5) is 0 Å². The van der Waals surface area contributed by atoms with Crippen LogP contribution in [0.25, 0.3) is 11.4 Å². The standard InChI is InChI=1S/C15H19N3O2/c1-10-3-4-12(13(7-10)19-2)15-17-14(20-18-15)8-11-5-6-16-9-11/h3-4,7,11,16H,5-6,8-9H2,1-2H3. The van der Waals surface area contributed by atoms with Gasteiger partial charge in [-0.1, -0.05) is 11.2 Å². The third-order valence-corrected chi connectivity index (χ3v) is 3.69. The van der Waals surface area contributed by atoms with E-state index in [4.69, 9.17) is 9.26 Å². The molecular formula is C15H19N3O2. The molecule has 5 heteroatoms. The van der Waals surface area contributed by atoms with E-state index >= 15 is 0 Å². The average Bonchev–Trinajstić information content (AvgIpc) is 3.11.